The number of aliphatic hydroxyl groups excluding tert-OH is 1. The van der Waals surface area contributed by atoms with Gasteiger partial charge in [-0.1, -0.05) is 36.8 Å². The van der Waals surface area contributed by atoms with E-state index in [9.17, 15) is 5.11 Å². The summed E-state index contributed by atoms with van der Waals surface area (Å²) in [6, 6.07) is 8.12. The Balaban J connectivity index is 2.01. The Labute approximate surface area is 113 Å². The number of hydrogen-bond acceptors (Lipinski definition) is 2. The van der Waals surface area contributed by atoms with Crippen LogP contribution in [0.15, 0.2) is 48.3 Å². The highest BCUT2D eigenvalue weighted by molar-refractivity contribution is 5.85. The van der Waals surface area contributed by atoms with Crippen molar-refractivity contribution in [2.45, 2.75) is 38.2 Å². The summed E-state index contributed by atoms with van der Waals surface area (Å²) in [4.78, 5) is 4.26. The van der Waals surface area contributed by atoms with Gasteiger partial charge in [-0.3, -0.25) is 4.98 Å². The largest absolute Gasteiger partial charge is 0.384 e. The molecule has 0 fully saturated rings. The Hall–Kier alpha value is -1.67. The molecule has 1 aliphatic carbocycles. The number of allylic oxidation sites excluding steroid dienone is 1. The van der Waals surface area contributed by atoms with Crippen molar-refractivity contribution in [1.29, 1.82) is 0 Å². The first-order valence-corrected chi connectivity index (χ1v) is 7.06. The van der Waals surface area contributed by atoms with Crippen LogP contribution in [0.4, 0.5) is 0 Å². The lowest BCUT2D eigenvalue weighted by Crippen LogP contribution is -2.03. The van der Waals surface area contributed by atoms with Crippen molar-refractivity contribution in [3.05, 3.63) is 53.9 Å². The third-order valence-corrected chi connectivity index (χ3v) is 3.92. The first kappa shape index (κ1) is 12.4. The van der Waals surface area contributed by atoms with Crippen LogP contribution >= 0.6 is 0 Å². The Bertz CT molecular complexity index is 598. The van der Waals surface area contributed by atoms with Crippen LogP contribution in [0.25, 0.3) is 10.8 Å². The Morgan fingerprint density at radius 2 is 1.95 bits per heavy atom. The number of rotatable bonds is 2. The summed E-state index contributed by atoms with van der Waals surface area (Å²) in [5.74, 6) is 0. The van der Waals surface area contributed by atoms with Crippen LogP contribution in [0.1, 0.15) is 43.8 Å². The average molecular weight is 253 g/mol. The van der Waals surface area contributed by atoms with Gasteiger partial charge in [0, 0.05) is 23.3 Å². The molecule has 1 aromatic heterocycles. The maximum Gasteiger partial charge on any atom is 0.102 e. The van der Waals surface area contributed by atoms with Gasteiger partial charge >= 0.3 is 0 Å². The maximum absolute atomic E-state index is 10.7. The predicted molar refractivity (Wildman–Crippen MR) is 77.9 cm³/mol. The summed E-state index contributed by atoms with van der Waals surface area (Å²) >= 11 is 0. The Kier molecular flexibility index (Phi) is 3.60. The zero-order valence-corrected chi connectivity index (χ0v) is 11.0. The van der Waals surface area contributed by atoms with E-state index in [1.807, 2.05) is 24.4 Å². The summed E-state index contributed by atoms with van der Waals surface area (Å²) < 4.78 is 0. The zero-order chi connectivity index (χ0) is 13.1. The highest BCUT2D eigenvalue weighted by atomic mass is 16.3. The molecule has 0 amide bonds. The fraction of sp³-hybridized carbons (Fsp3) is 0.353. The molecule has 2 aromatic rings. The highest BCUT2D eigenvalue weighted by Gasteiger charge is 2.17. The van der Waals surface area contributed by atoms with Gasteiger partial charge in [0.05, 0.1) is 0 Å². The summed E-state index contributed by atoms with van der Waals surface area (Å²) in [6.45, 7) is 0. The Morgan fingerprint density at radius 1 is 1.05 bits per heavy atom. The summed E-state index contributed by atoms with van der Waals surface area (Å²) in [6.07, 6.45) is 11.2. The van der Waals surface area contributed by atoms with E-state index in [0.29, 0.717) is 0 Å². The van der Waals surface area contributed by atoms with Crippen molar-refractivity contribution < 1.29 is 5.11 Å². The van der Waals surface area contributed by atoms with Crippen LogP contribution in [0, 0.1) is 0 Å². The summed E-state index contributed by atoms with van der Waals surface area (Å²) in [7, 11) is 0. The minimum atomic E-state index is -0.503. The van der Waals surface area contributed by atoms with Gasteiger partial charge < -0.3 is 5.11 Å². The topological polar surface area (TPSA) is 33.1 Å². The minimum absolute atomic E-state index is 0.503. The summed E-state index contributed by atoms with van der Waals surface area (Å²) in [5.41, 5.74) is 2.10. The molecule has 98 valence electrons. The molecule has 19 heavy (non-hydrogen) atoms. The molecular weight excluding hydrogens is 234 g/mol. The van der Waals surface area contributed by atoms with Crippen LogP contribution in [0.5, 0.6) is 0 Å². The maximum atomic E-state index is 10.7. The average Bonchev–Trinajstić information content (AvgIpc) is 2.75. The van der Waals surface area contributed by atoms with Crippen LogP contribution in [0.2, 0.25) is 0 Å². The molecule has 2 heteroatoms. The molecule has 0 spiro atoms. The molecule has 0 aliphatic heterocycles. The van der Waals surface area contributed by atoms with Crippen molar-refractivity contribution in [3.8, 4) is 0 Å². The molecule has 3 rings (SSSR count). The monoisotopic (exact) mass is 253 g/mol. The van der Waals surface area contributed by atoms with E-state index in [1.54, 1.807) is 6.20 Å². The molecule has 0 saturated carbocycles. The lowest BCUT2D eigenvalue weighted by atomic mass is 9.95. The number of pyridine rings is 1. The Morgan fingerprint density at radius 3 is 2.89 bits per heavy atom. The number of hydrogen-bond donors (Lipinski definition) is 1. The van der Waals surface area contributed by atoms with Crippen LogP contribution in [-0.4, -0.2) is 10.1 Å². The van der Waals surface area contributed by atoms with Gasteiger partial charge in [-0.2, -0.15) is 0 Å². The lowest BCUT2D eigenvalue weighted by molar-refractivity contribution is 0.212. The third kappa shape index (κ3) is 2.54. The van der Waals surface area contributed by atoms with Gasteiger partial charge in [0.25, 0.3) is 0 Å². The van der Waals surface area contributed by atoms with Gasteiger partial charge in [0.2, 0.25) is 0 Å². The standard InChI is InChI=1S/C17H19NO/c19-17(13-7-3-1-2-4-8-13)16-12-18-11-14-9-5-6-10-15(14)16/h5-7,9-12,17,19H,1-4,8H2. The molecule has 1 heterocycles. The van der Waals surface area contributed by atoms with Gasteiger partial charge in [-0.15, -0.1) is 0 Å². The normalized spacial score (nSPS) is 17.8. The molecule has 1 unspecified atom stereocenters. The van der Waals surface area contributed by atoms with E-state index in [-0.39, 0.29) is 0 Å². The van der Waals surface area contributed by atoms with E-state index < -0.39 is 6.10 Å². The molecule has 1 atom stereocenters. The second kappa shape index (κ2) is 5.54. The zero-order valence-electron chi connectivity index (χ0n) is 11.0. The second-order valence-corrected chi connectivity index (χ2v) is 5.23. The SMILES string of the molecule is OC(C1=CCCCCC1)c1cncc2ccccc12. The van der Waals surface area contributed by atoms with Gasteiger partial charge in [0.15, 0.2) is 0 Å². The fourth-order valence-electron chi connectivity index (χ4n) is 2.85. The van der Waals surface area contributed by atoms with Gasteiger partial charge in [0.1, 0.15) is 6.10 Å². The number of fused-ring (bicyclic) bond motifs is 1. The van der Waals surface area contributed by atoms with Crippen LogP contribution in [-0.2, 0) is 0 Å². The lowest BCUT2D eigenvalue weighted by Gasteiger charge is -2.16. The molecule has 1 N–H and O–H groups in total. The fourth-order valence-corrected chi connectivity index (χ4v) is 2.85. The molecule has 1 aliphatic rings. The van der Waals surface area contributed by atoms with E-state index >= 15 is 0 Å². The molecule has 1 aromatic carbocycles. The second-order valence-electron chi connectivity index (χ2n) is 5.23. The van der Waals surface area contributed by atoms with Crippen LogP contribution < -0.4 is 0 Å². The number of aliphatic hydroxyl groups is 1. The minimum Gasteiger partial charge on any atom is -0.384 e. The van der Waals surface area contributed by atoms with Crippen molar-refractivity contribution in [2.75, 3.05) is 0 Å². The van der Waals surface area contributed by atoms with Gasteiger partial charge in [-0.05, 0) is 36.6 Å². The number of aromatic nitrogens is 1. The molecule has 0 saturated heterocycles. The van der Waals surface area contributed by atoms with E-state index in [1.165, 1.54) is 19.3 Å². The predicted octanol–water partition coefficient (Wildman–Crippen LogP) is 4.16. The number of nitrogens with zero attached hydrogens (tertiary/aromatic N) is 1. The van der Waals surface area contributed by atoms with Crippen molar-refractivity contribution in [3.63, 3.8) is 0 Å². The first-order valence-electron chi connectivity index (χ1n) is 7.06. The summed E-state index contributed by atoms with van der Waals surface area (Å²) in [5, 5.41) is 12.9. The first-order chi connectivity index (χ1) is 9.36. The highest BCUT2D eigenvalue weighted by Crippen LogP contribution is 2.32. The van der Waals surface area contributed by atoms with Crippen LogP contribution in [0.3, 0.4) is 0 Å². The van der Waals surface area contributed by atoms with E-state index in [0.717, 1.165) is 34.8 Å². The third-order valence-electron chi connectivity index (χ3n) is 3.92. The number of benzene rings is 1. The van der Waals surface area contributed by atoms with Crippen molar-refractivity contribution in [2.24, 2.45) is 0 Å². The molecule has 2 nitrogen and oxygen atoms in total. The van der Waals surface area contributed by atoms with Gasteiger partial charge in [-0.25, -0.2) is 0 Å². The van der Waals surface area contributed by atoms with Crippen molar-refractivity contribution in [1.82, 2.24) is 4.98 Å². The smallest absolute Gasteiger partial charge is 0.102 e. The van der Waals surface area contributed by atoms with Crippen molar-refractivity contribution >= 4 is 10.8 Å². The molecule has 0 radical (unpaired) electrons. The molecular formula is C17H19NO. The molecule has 0 bridgehead atoms. The van der Waals surface area contributed by atoms with E-state index in [2.05, 4.69) is 17.1 Å². The quantitative estimate of drug-likeness (QED) is 0.815. The van der Waals surface area contributed by atoms with E-state index in [4.69, 9.17) is 0 Å².